The van der Waals surface area contributed by atoms with Crippen molar-refractivity contribution < 1.29 is 9.13 Å². The van der Waals surface area contributed by atoms with Gasteiger partial charge in [-0.15, -0.1) is 0 Å². The number of nitrogens with zero attached hydrogens (tertiary/aromatic N) is 1. The van der Waals surface area contributed by atoms with E-state index >= 15 is 0 Å². The van der Waals surface area contributed by atoms with Crippen molar-refractivity contribution in [1.29, 1.82) is 0 Å². The Morgan fingerprint density at radius 3 is 2.55 bits per heavy atom. The molecule has 0 amide bonds. The van der Waals surface area contributed by atoms with E-state index in [2.05, 4.69) is 35.8 Å². The lowest BCUT2D eigenvalue weighted by Crippen LogP contribution is -2.02. The molecule has 0 spiro atoms. The summed E-state index contributed by atoms with van der Waals surface area (Å²) in [5, 5.41) is 1.21. The molecule has 0 unspecified atom stereocenters. The van der Waals surface area contributed by atoms with E-state index in [1.54, 1.807) is 12.1 Å². The van der Waals surface area contributed by atoms with Crippen molar-refractivity contribution in [1.82, 2.24) is 4.57 Å². The van der Waals surface area contributed by atoms with Gasteiger partial charge in [0.1, 0.15) is 18.2 Å². The van der Waals surface area contributed by atoms with Crippen LogP contribution in [0.1, 0.15) is 11.3 Å². The third-order valence-electron chi connectivity index (χ3n) is 3.56. The summed E-state index contributed by atoms with van der Waals surface area (Å²) in [6, 6.07) is 14.5. The topological polar surface area (TPSA) is 14.2 Å². The van der Waals surface area contributed by atoms with Crippen molar-refractivity contribution in [3.05, 3.63) is 65.6 Å². The number of hydrogen-bond acceptors (Lipinski definition) is 1. The van der Waals surface area contributed by atoms with Crippen molar-refractivity contribution >= 4 is 10.9 Å². The Bertz CT molecular complexity index is 744. The molecule has 0 bridgehead atoms. The molecule has 1 aromatic heterocycles. The van der Waals surface area contributed by atoms with Crippen LogP contribution in [0.25, 0.3) is 10.9 Å². The predicted octanol–water partition coefficient (Wildman–Crippen LogP) is 4.20. The number of aromatic nitrogens is 1. The van der Waals surface area contributed by atoms with Gasteiger partial charge in [-0.05, 0) is 42.8 Å². The van der Waals surface area contributed by atoms with Crippen molar-refractivity contribution in [2.45, 2.75) is 13.5 Å². The lowest BCUT2D eigenvalue weighted by atomic mass is 10.2. The molecule has 3 heteroatoms. The van der Waals surface area contributed by atoms with E-state index < -0.39 is 0 Å². The first-order valence-electron chi connectivity index (χ1n) is 6.57. The molecule has 2 aromatic carbocycles. The molecule has 3 aromatic rings. The molecule has 0 fully saturated rings. The second kappa shape index (κ2) is 5.00. The second-order valence-electron chi connectivity index (χ2n) is 4.95. The van der Waals surface area contributed by atoms with Gasteiger partial charge in [0, 0.05) is 12.4 Å². The third kappa shape index (κ3) is 2.27. The fraction of sp³-hybridized carbons (Fsp3) is 0.176. The van der Waals surface area contributed by atoms with Crippen LogP contribution in [0.4, 0.5) is 4.39 Å². The minimum absolute atomic E-state index is 0.252. The van der Waals surface area contributed by atoms with E-state index in [1.165, 1.54) is 28.6 Å². The Balaban J connectivity index is 1.86. The van der Waals surface area contributed by atoms with Crippen LogP contribution >= 0.6 is 0 Å². The van der Waals surface area contributed by atoms with Crippen molar-refractivity contribution in [3.63, 3.8) is 0 Å². The van der Waals surface area contributed by atoms with E-state index in [1.807, 2.05) is 7.05 Å². The van der Waals surface area contributed by atoms with Gasteiger partial charge in [0.05, 0.1) is 11.2 Å². The zero-order valence-corrected chi connectivity index (χ0v) is 11.6. The molecule has 0 saturated heterocycles. The molecule has 0 saturated carbocycles. The van der Waals surface area contributed by atoms with Crippen LogP contribution in [0, 0.1) is 12.7 Å². The number of benzene rings is 2. The summed E-state index contributed by atoms with van der Waals surface area (Å²) < 4.78 is 20.7. The smallest absolute Gasteiger partial charge is 0.128 e. The fourth-order valence-corrected chi connectivity index (χ4v) is 2.50. The van der Waals surface area contributed by atoms with Gasteiger partial charge < -0.3 is 9.30 Å². The van der Waals surface area contributed by atoms with Gasteiger partial charge in [0.2, 0.25) is 0 Å². The number of rotatable bonds is 3. The summed E-state index contributed by atoms with van der Waals surface area (Å²) >= 11 is 0. The first-order valence-corrected chi connectivity index (χ1v) is 6.57. The normalized spacial score (nSPS) is 10.9. The van der Waals surface area contributed by atoms with Crippen molar-refractivity contribution in [2.75, 3.05) is 0 Å². The summed E-state index contributed by atoms with van der Waals surface area (Å²) in [5.74, 6) is 0.422. The molecule has 102 valence electrons. The molecule has 0 aliphatic carbocycles. The molecule has 0 N–H and O–H groups in total. The van der Waals surface area contributed by atoms with E-state index in [0.29, 0.717) is 12.4 Å². The number of hydrogen-bond donors (Lipinski definition) is 0. The Labute approximate surface area is 117 Å². The molecule has 3 rings (SSSR count). The van der Waals surface area contributed by atoms with Crippen molar-refractivity contribution in [2.24, 2.45) is 7.05 Å². The number of halogens is 1. The lowest BCUT2D eigenvalue weighted by Gasteiger charge is -2.08. The second-order valence-corrected chi connectivity index (χ2v) is 4.95. The van der Waals surface area contributed by atoms with Crippen LogP contribution < -0.4 is 4.74 Å². The minimum atomic E-state index is -0.252. The van der Waals surface area contributed by atoms with E-state index in [4.69, 9.17) is 4.74 Å². The van der Waals surface area contributed by atoms with Crippen LogP contribution in [-0.4, -0.2) is 4.57 Å². The summed E-state index contributed by atoms with van der Waals surface area (Å²) in [4.78, 5) is 0. The zero-order valence-electron chi connectivity index (χ0n) is 11.6. The number of fused-ring (bicyclic) bond motifs is 1. The van der Waals surface area contributed by atoms with Gasteiger partial charge in [-0.25, -0.2) is 4.39 Å². The van der Waals surface area contributed by atoms with Crippen molar-refractivity contribution in [3.8, 4) is 5.75 Å². The largest absolute Gasteiger partial charge is 0.487 e. The van der Waals surface area contributed by atoms with Crippen LogP contribution in [-0.2, 0) is 13.7 Å². The summed E-state index contributed by atoms with van der Waals surface area (Å²) in [7, 11) is 2.04. The van der Waals surface area contributed by atoms with Crippen LogP contribution in [0.3, 0.4) is 0 Å². The van der Waals surface area contributed by atoms with Gasteiger partial charge in [-0.1, -0.05) is 18.2 Å². The van der Waals surface area contributed by atoms with Gasteiger partial charge >= 0.3 is 0 Å². The quantitative estimate of drug-likeness (QED) is 0.695. The number of aryl methyl sites for hydroxylation is 2. The highest BCUT2D eigenvalue weighted by Gasteiger charge is 2.08. The third-order valence-corrected chi connectivity index (χ3v) is 3.56. The fourth-order valence-electron chi connectivity index (χ4n) is 2.50. The highest BCUT2D eigenvalue weighted by atomic mass is 19.1. The monoisotopic (exact) mass is 269 g/mol. The minimum Gasteiger partial charge on any atom is -0.487 e. The SMILES string of the molecule is Cc1cccc2cc(COc3ccc(F)cc3)n(C)c12. The summed E-state index contributed by atoms with van der Waals surface area (Å²) in [6.07, 6.45) is 0. The molecule has 0 aliphatic rings. The maximum absolute atomic E-state index is 12.8. The van der Waals surface area contributed by atoms with E-state index in [9.17, 15) is 4.39 Å². The molecule has 1 heterocycles. The zero-order chi connectivity index (χ0) is 14.1. The van der Waals surface area contributed by atoms with Gasteiger partial charge in [0.15, 0.2) is 0 Å². The summed E-state index contributed by atoms with van der Waals surface area (Å²) in [5.41, 5.74) is 3.57. The Hall–Kier alpha value is -2.29. The highest BCUT2D eigenvalue weighted by Crippen LogP contribution is 2.23. The first-order chi connectivity index (χ1) is 9.65. The lowest BCUT2D eigenvalue weighted by molar-refractivity contribution is 0.297. The molecule has 0 radical (unpaired) electrons. The van der Waals surface area contributed by atoms with Crippen LogP contribution in [0.15, 0.2) is 48.5 Å². The number of ether oxygens (including phenoxy) is 1. The standard InChI is InChI=1S/C17H16FNO/c1-12-4-3-5-13-10-15(19(2)17(12)13)11-20-16-8-6-14(18)7-9-16/h3-10H,11H2,1-2H3. The average Bonchev–Trinajstić information content (AvgIpc) is 2.76. The average molecular weight is 269 g/mol. The first kappa shape index (κ1) is 12.7. The molecule has 0 atom stereocenters. The molecular weight excluding hydrogens is 253 g/mol. The summed E-state index contributed by atoms with van der Waals surface area (Å²) in [6.45, 7) is 2.57. The van der Waals surface area contributed by atoms with Gasteiger partial charge in [-0.3, -0.25) is 0 Å². The predicted molar refractivity (Wildman–Crippen MR) is 78.4 cm³/mol. The van der Waals surface area contributed by atoms with Gasteiger partial charge in [0.25, 0.3) is 0 Å². The Morgan fingerprint density at radius 1 is 1.10 bits per heavy atom. The van der Waals surface area contributed by atoms with Crippen LogP contribution in [0.5, 0.6) is 5.75 Å². The maximum Gasteiger partial charge on any atom is 0.128 e. The number of para-hydroxylation sites is 1. The van der Waals surface area contributed by atoms with Crippen LogP contribution in [0.2, 0.25) is 0 Å². The molecule has 20 heavy (non-hydrogen) atoms. The maximum atomic E-state index is 12.8. The van der Waals surface area contributed by atoms with E-state index in [-0.39, 0.29) is 5.82 Å². The van der Waals surface area contributed by atoms with Gasteiger partial charge in [-0.2, -0.15) is 0 Å². The Kier molecular flexibility index (Phi) is 3.18. The highest BCUT2D eigenvalue weighted by molar-refractivity contribution is 5.84. The molecule has 0 aliphatic heterocycles. The van der Waals surface area contributed by atoms with E-state index in [0.717, 1.165) is 5.69 Å². The Morgan fingerprint density at radius 2 is 1.85 bits per heavy atom. The molecular formula is C17H16FNO. The molecule has 2 nitrogen and oxygen atoms in total.